The van der Waals surface area contributed by atoms with Crippen LogP contribution in [0.3, 0.4) is 0 Å². The maximum absolute atomic E-state index is 12.8. The van der Waals surface area contributed by atoms with Crippen LogP contribution in [0.5, 0.6) is 0 Å². The van der Waals surface area contributed by atoms with Crippen molar-refractivity contribution in [2.45, 2.75) is 37.8 Å². The maximum atomic E-state index is 12.8. The van der Waals surface area contributed by atoms with E-state index in [4.69, 9.17) is 0 Å². The summed E-state index contributed by atoms with van der Waals surface area (Å²) < 4.78 is 35.2. The number of hydrogen-bond acceptors (Lipinski definition) is 3. The molecule has 1 saturated carbocycles. The molecule has 0 bridgehead atoms. The average molecular weight is 285 g/mol. The van der Waals surface area contributed by atoms with E-state index in [1.807, 2.05) is 19.1 Å². The van der Waals surface area contributed by atoms with Crippen molar-refractivity contribution in [3.8, 4) is 0 Å². The van der Waals surface area contributed by atoms with Gasteiger partial charge in [-0.25, -0.2) is 12.8 Å². The van der Waals surface area contributed by atoms with Crippen LogP contribution in [0.4, 0.5) is 4.39 Å². The standard InChI is InChI=1S/C14H20FNO2S/c1-10(9-19(2,17)18)16-14-7-12(8-14)11-3-5-13(15)6-4-11/h3-6,10,12,14,16H,7-9H2,1-2H3. The van der Waals surface area contributed by atoms with Gasteiger partial charge < -0.3 is 5.32 Å². The zero-order valence-electron chi connectivity index (χ0n) is 11.3. The Labute approximate surface area is 114 Å². The average Bonchev–Trinajstić information content (AvgIpc) is 2.22. The highest BCUT2D eigenvalue weighted by molar-refractivity contribution is 7.90. The van der Waals surface area contributed by atoms with Crippen LogP contribution in [0.15, 0.2) is 24.3 Å². The predicted octanol–water partition coefficient (Wildman–Crippen LogP) is 2.09. The van der Waals surface area contributed by atoms with E-state index in [1.165, 1.54) is 18.4 Å². The van der Waals surface area contributed by atoms with Crippen LogP contribution in [0, 0.1) is 5.82 Å². The Hall–Kier alpha value is -0.940. The summed E-state index contributed by atoms with van der Waals surface area (Å²) in [5, 5.41) is 3.33. The summed E-state index contributed by atoms with van der Waals surface area (Å²) in [5.74, 6) is 0.424. The van der Waals surface area contributed by atoms with Crippen LogP contribution in [0.1, 0.15) is 31.2 Å². The molecule has 19 heavy (non-hydrogen) atoms. The monoisotopic (exact) mass is 285 g/mol. The molecule has 0 aromatic heterocycles. The zero-order chi connectivity index (χ0) is 14.0. The molecule has 2 rings (SSSR count). The molecule has 1 aromatic carbocycles. The van der Waals surface area contributed by atoms with E-state index in [0.717, 1.165) is 18.4 Å². The quantitative estimate of drug-likeness (QED) is 0.901. The first-order valence-corrected chi connectivity index (χ1v) is 8.59. The molecule has 0 aliphatic heterocycles. The largest absolute Gasteiger partial charge is 0.310 e. The lowest BCUT2D eigenvalue weighted by molar-refractivity contribution is 0.275. The van der Waals surface area contributed by atoms with Gasteiger partial charge in [-0.3, -0.25) is 0 Å². The second-order valence-electron chi connectivity index (χ2n) is 5.58. The lowest BCUT2D eigenvalue weighted by Gasteiger charge is -2.38. The van der Waals surface area contributed by atoms with E-state index in [2.05, 4.69) is 5.32 Å². The van der Waals surface area contributed by atoms with Crippen LogP contribution in [0.25, 0.3) is 0 Å². The molecule has 1 N–H and O–H groups in total. The second-order valence-corrected chi connectivity index (χ2v) is 7.76. The van der Waals surface area contributed by atoms with Crippen molar-refractivity contribution in [3.63, 3.8) is 0 Å². The fourth-order valence-electron chi connectivity index (χ4n) is 2.67. The second kappa shape index (κ2) is 5.59. The van der Waals surface area contributed by atoms with Crippen LogP contribution >= 0.6 is 0 Å². The highest BCUT2D eigenvalue weighted by atomic mass is 32.2. The number of hydrogen-bond donors (Lipinski definition) is 1. The molecule has 0 spiro atoms. The number of sulfone groups is 1. The first kappa shape index (κ1) is 14.5. The molecular weight excluding hydrogens is 265 g/mol. The summed E-state index contributed by atoms with van der Waals surface area (Å²) in [4.78, 5) is 0. The predicted molar refractivity (Wildman–Crippen MR) is 74.5 cm³/mol. The van der Waals surface area contributed by atoms with E-state index >= 15 is 0 Å². The lowest BCUT2D eigenvalue weighted by Crippen LogP contribution is -2.46. The molecule has 1 aromatic rings. The van der Waals surface area contributed by atoms with Crippen molar-refractivity contribution in [1.29, 1.82) is 0 Å². The van der Waals surface area contributed by atoms with Gasteiger partial charge in [0.2, 0.25) is 0 Å². The van der Waals surface area contributed by atoms with Gasteiger partial charge in [0, 0.05) is 18.3 Å². The van der Waals surface area contributed by atoms with Crippen LogP contribution in [-0.4, -0.2) is 32.5 Å². The summed E-state index contributed by atoms with van der Waals surface area (Å²) in [5.41, 5.74) is 1.16. The first-order chi connectivity index (χ1) is 8.83. The van der Waals surface area contributed by atoms with Gasteiger partial charge >= 0.3 is 0 Å². The third kappa shape index (κ3) is 4.28. The van der Waals surface area contributed by atoms with Gasteiger partial charge in [-0.1, -0.05) is 12.1 Å². The topological polar surface area (TPSA) is 46.2 Å². The highest BCUT2D eigenvalue weighted by Crippen LogP contribution is 2.37. The minimum absolute atomic E-state index is 0.0193. The van der Waals surface area contributed by atoms with E-state index in [0.29, 0.717) is 12.0 Å². The van der Waals surface area contributed by atoms with Gasteiger partial charge in [-0.05, 0) is 43.4 Å². The number of benzene rings is 1. The number of nitrogens with one attached hydrogen (secondary N) is 1. The van der Waals surface area contributed by atoms with Gasteiger partial charge in [0.1, 0.15) is 15.7 Å². The molecule has 0 heterocycles. The molecule has 106 valence electrons. The molecule has 0 amide bonds. The van der Waals surface area contributed by atoms with Gasteiger partial charge in [-0.15, -0.1) is 0 Å². The van der Waals surface area contributed by atoms with Gasteiger partial charge in [0.05, 0.1) is 5.75 Å². The van der Waals surface area contributed by atoms with Gasteiger partial charge in [-0.2, -0.15) is 0 Å². The number of rotatable bonds is 5. The molecule has 1 unspecified atom stereocenters. The minimum atomic E-state index is -2.93. The van der Waals surface area contributed by atoms with Gasteiger partial charge in [0.15, 0.2) is 0 Å². The SMILES string of the molecule is CC(CS(C)(=O)=O)NC1CC(c2ccc(F)cc2)C1. The van der Waals surface area contributed by atoms with Crippen molar-refractivity contribution in [2.75, 3.05) is 12.0 Å². The Bertz CT molecular complexity index is 521. The third-order valence-corrected chi connectivity index (χ3v) is 4.66. The summed E-state index contributed by atoms with van der Waals surface area (Å²) in [6.45, 7) is 1.90. The van der Waals surface area contributed by atoms with E-state index in [-0.39, 0.29) is 17.6 Å². The Kier molecular flexibility index (Phi) is 4.26. The summed E-state index contributed by atoms with van der Waals surface area (Å²) >= 11 is 0. The molecule has 1 aliphatic carbocycles. The molecular formula is C14H20FNO2S. The fourth-order valence-corrected chi connectivity index (χ4v) is 3.67. The smallest absolute Gasteiger partial charge is 0.148 e. The fraction of sp³-hybridized carbons (Fsp3) is 0.571. The van der Waals surface area contributed by atoms with E-state index in [1.54, 1.807) is 0 Å². The third-order valence-electron chi connectivity index (χ3n) is 3.55. The van der Waals surface area contributed by atoms with Crippen LogP contribution in [0.2, 0.25) is 0 Å². The van der Waals surface area contributed by atoms with E-state index < -0.39 is 9.84 Å². The molecule has 0 saturated heterocycles. The summed E-state index contributed by atoms with van der Waals surface area (Å²) in [7, 11) is -2.93. The van der Waals surface area contributed by atoms with Gasteiger partial charge in [0.25, 0.3) is 0 Å². The molecule has 1 fully saturated rings. The molecule has 1 aliphatic rings. The van der Waals surface area contributed by atoms with E-state index in [9.17, 15) is 12.8 Å². The summed E-state index contributed by atoms with van der Waals surface area (Å²) in [6.07, 6.45) is 3.23. The van der Waals surface area contributed by atoms with Crippen molar-refractivity contribution < 1.29 is 12.8 Å². The Morgan fingerprint density at radius 3 is 2.42 bits per heavy atom. The molecule has 1 atom stereocenters. The zero-order valence-corrected chi connectivity index (χ0v) is 12.1. The highest BCUT2D eigenvalue weighted by Gasteiger charge is 2.31. The van der Waals surface area contributed by atoms with Crippen LogP contribution < -0.4 is 5.32 Å². The maximum Gasteiger partial charge on any atom is 0.148 e. The lowest BCUT2D eigenvalue weighted by atomic mass is 9.75. The van der Waals surface area contributed by atoms with Crippen molar-refractivity contribution in [2.24, 2.45) is 0 Å². The number of halogens is 1. The van der Waals surface area contributed by atoms with Crippen molar-refractivity contribution >= 4 is 9.84 Å². The normalized spacial score (nSPS) is 24.8. The first-order valence-electron chi connectivity index (χ1n) is 6.53. The Balaban J connectivity index is 1.79. The molecule has 5 heteroatoms. The van der Waals surface area contributed by atoms with Crippen molar-refractivity contribution in [3.05, 3.63) is 35.6 Å². The van der Waals surface area contributed by atoms with Crippen LogP contribution in [-0.2, 0) is 9.84 Å². The summed E-state index contributed by atoms with van der Waals surface area (Å²) in [6, 6.07) is 6.98. The Morgan fingerprint density at radius 1 is 1.32 bits per heavy atom. The van der Waals surface area contributed by atoms with Crippen molar-refractivity contribution in [1.82, 2.24) is 5.32 Å². The molecule has 0 radical (unpaired) electrons. The molecule has 3 nitrogen and oxygen atoms in total. The minimum Gasteiger partial charge on any atom is -0.310 e. The Morgan fingerprint density at radius 2 is 1.89 bits per heavy atom.